The molecule has 0 fully saturated rings. The third kappa shape index (κ3) is 2.02. The van der Waals surface area contributed by atoms with Crippen LogP contribution in [0.25, 0.3) is 11.0 Å². The lowest BCUT2D eigenvalue weighted by Crippen LogP contribution is -2.42. The van der Waals surface area contributed by atoms with Crippen LogP contribution in [0.1, 0.15) is 17.7 Å². The number of H-pyrrole nitrogens is 1. The lowest BCUT2D eigenvalue weighted by molar-refractivity contribution is -0.0721. The molecule has 0 radical (unpaired) electrons. The number of aromatic nitrogens is 3. The third-order valence-electron chi connectivity index (χ3n) is 3.91. The fourth-order valence-corrected chi connectivity index (χ4v) is 3.13. The highest BCUT2D eigenvalue weighted by Gasteiger charge is 2.37. The number of nitrogens with zero attached hydrogens (tertiary/aromatic N) is 2. The molecule has 102 valence electrons. The Morgan fingerprint density at radius 2 is 2.26 bits per heavy atom. The second-order valence-corrected chi connectivity index (χ2v) is 5.33. The molecule has 0 bridgehead atoms. The van der Waals surface area contributed by atoms with Gasteiger partial charge in [-0.3, -0.25) is 0 Å². The second kappa shape index (κ2) is 4.74. The van der Waals surface area contributed by atoms with Gasteiger partial charge in [0, 0.05) is 26.3 Å². The SMILES string of the molecule is COCC1(OC)CCc2[nH]c3ncnc(Cl)c3c2C1. The number of aromatic amines is 1. The fourth-order valence-electron chi connectivity index (χ4n) is 2.89. The van der Waals surface area contributed by atoms with Gasteiger partial charge in [-0.1, -0.05) is 11.6 Å². The van der Waals surface area contributed by atoms with Gasteiger partial charge in [-0.2, -0.15) is 0 Å². The van der Waals surface area contributed by atoms with Crippen LogP contribution in [-0.2, 0) is 22.3 Å². The molecule has 1 unspecified atom stereocenters. The fraction of sp³-hybridized carbons (Fsp3) is 0.538. The van der Waals surface area contributed by atoms with Crippen LogP contribution in [0.4, 0.5) is 0 Å². The largest absolute Gasteiger partial charge is 0.382 e. The molecule has 6 heteroatoms. The predicted molar refractivity (Wildman–Crippen MR) is 72.5 cm³/mol. The number of ether oxygens (including phenoxy) is 2. The maximum atomic E-state index is 6.21. The number of halogens is 1. The van der Waals surface area contributed by atoms with Crippen LogP contribution in [0.3, 0.4) is 0 Å². The normalized spacial score (nSPS) is 22.7. The highest BCUT2D eigenvalue weighted by atomic mass is 35.5. The van der Waals surface area contributed by atoms with Crippen molar-refractivity contribution in [2.45, 2.75) is 24.9 Å². The molecule has 0 saturated heterocycles. The van der Waals surface area contributed by atoms with E-state index in [2.05, 4.69) is 15.0 Å². The lowest BCUT2D eigenvalue weighted by Gasteiger charge is -2.35. The van der Waals surface area contributed by atoms with E-state index in [1.807, 2.05) is 0 Å². The highest BCUT2D eigenvalue weighted by Crippen LogP contribution is 2.37. The molecule has 3 rings (SSSR count). The minimum absolute atomic E-state index is 0.282. The molecular formula is C13H16ClN3O2. The first-order valence-electron chi connectivity index (χ1n) is 6.23. The van der Waals surface area contributed by atoms with Gasteiger partial charge in [0.2, 0.25) is 0 Å². The molecule has 1 aliphatic carbocycles. The third-order valence-corrected chi connectivity index (χ3v) is 4.19. The van der Waals surface area contributed by atoms with Crippen molar-refractivity contribution in [1.82, 2.24) is 15.0 Å². The number of nitrogens with one attached hydrogen (secondary N) is 1. The van der Waals surface area contributed by atoms with Crippen molar-refractivity contribution in [1.29, 1.82) is 0 Å². The van der Waals surface area contributed by atoms with Gasteiger partial charge >= 0.3 is 0 Å². The summed E-state index contributed by atoms with van der Waals surface area (Å²) in [6.45, 7) is 0.570. The van der Waals surface area contributed by atoms with E-state index in [0.717, 1.165) is 35.9 Å². The van der Waals surface area contributed by atoms with E-state index in [4.69, 9.17) is 21.1 Å². The summed E-state index contributed by atoms with van der Waals surface area (Å²) in [5.74, 6) is 0. The molecule has 1 N–H and O–H groups in total. The quantitative estimate of drug-likeness (QED) is 0.876. The molecule has 1 atom stereocenters. The molecule has 0 aromatic carbocycles. The summed E-state index contributed by atoms with van der Waals surface area (Å²) >= 11 is 6.21. The number of aryl methyl sites for hydroxylation is 1. The van der Waals surface area contributed by atoms with Gasteiger partial charge in [0.1, 0.15) is 17.1 Å². The molecule has 0 aliphatic heterocycles. The van der Waals surface area contributed by atoms with Crippen LogP contribution in [0, 0.1) is 0 Å². The Labute approximate surface area is 116 Å². The topological polar surface area (TPSA) is 60.0 Å². The van der Waals surface area contributed by atoms with E-state index < -0.39 is 0 Å². The van der Waals surface area contributed by atoms with Crippen molar-refractivity contribution in [3.05, 3.63) is 22.7 Å². The van der Waals surface area contributed by atoms with Crippen LogP contribution >= 0.6 is 11.6 Å². The Kier molecular flexibility index (Phi) is 3.20. The summed E-state index contributed by atoms with van der Waals surface area (Å²) in [5.41, 5.74) is 2.86. The van der Waals surface area contributed by atoms with E-state index in [-0.39, 0.29) is 5.60 Å². The summed E-state index contributed by atoms with van der Waals surface area (Å²) in [7, 11) is 3.43. The number of fused-ring (bicyclic) bond motifs is 3. The molecular weight excluding hydrogens is 266 g/mol. The molecule has 2 heterocycles. The molecule has 2 aromatic rings. The Morgan fingerprint density at radius 1 is 1.42 bits per heavy atom. The molecule has 1 aliphatic rings. The maximum Gasteiger partial charge on any atom is 0.142 e. The van der Waals surface area contributed by atoms with E-state index in [0.29, 0.717) is 11.8 Å². The van der Waals surface area contributed by atoms with Gasteiger partial charge < -0.3 is 14.5 Å². The average molecular weight is 282 g/mol. The Hall–Kier alpha value is -1.17. The molecule has 0 amide bonds. The van der Waals surface area contributed by atoms with Crippen molar-refractivity contribution in [3.8, 4) is 0 Å². The number of rotatable bonds is 3. The standard InChI is InChI=1S/C13H16ClN3O2/c1-18-6-13(19-2)4-3-9-8(5-13)10-11(14)15-7-16-12(10)17-9/h7H,3-6H2,1-2H3,(H,15,16,17). The van der Waals surface area contributed by atoms with Crippen LogP contribution in [-0.4, -0.2) is 41.4 Å². The van der Waals surface area contributed by atoms with Crippen molar-refractivity contribution in [2.75, 3.05) is 20.8 Å². The van der Waals surface area contributed by atoms with Gasteiger partial charge in [0.05, 0.1) is 17.6 Å². The number of hydrogen-bond donors (Lipinski definition) is 1. The van der Waals surface area contributed by atoms with E-state index in [1.54, 1.807) is 14.2 Å². The predicted octanol–water partition coefficient (Wildman–Crippen LogP) is 2.13. The monoisotopic (exact) mass is 281 g/mol. The average Bonchev–Trinajstić information content (AvgIpc) is 2.78. The van der Waals surface area contributed by atoms with E-state index in [9.17, 15) is 0 Å². The second-order valence-electron chi connectivity index (χ2n) is 4.97. The molecule has 19 heavy (non-hydrogen) atoms. The zero-order chi connectivity index (χ0) is 13.5. The van der Waals surface area contributed by atoms with Crippen molar-refractivity contribution in [2.24, 2.45) is 0 Å². The molecule has 0 spiro atoms. The minimum atomic E-state index is -0.282. The van der Waals surface area contributed by atoms with E-state index in [1.165, 1.54) is 12.0 Å². The first-order valence-corrected chi connectivity index (χ1v) is 6.61. The van der Waals surface area contributed by atoms with Crippen LogP contribution in [0.15, 0.2) is 6.33 Å². The molecule has 5 nitrogen and oxygen atoms in total. The lowest BCUT2D eigenvalue weighted by atomic mass is 9.83. The van der Waals surface area contributed by atoms with Crippen LogP contribution < -0.4 is 0 Å². The van der Waals surface area contributed by atoms with Crippen molar-refractivity contribution < 1.29 is 9.47 Å². The molecule has 2 aromatic heterocycles. The Balaban J connectivity index is 2.10. The number of hydrogen-bond acceptors (Lipinski definition) is 4. The Bertz CT molecular complexity index is 613. The van der Waals surface area contributed by atoms with E-state index >= 15 is 0 Å². The zero-order valence-electron chi connectivity index (χ0n) is 11.0. The summed E-state index contributed by atoms with van der Waals surface area (Å²) in [5, 5.41) is 1.41. The van der Waals surface area contributed by atoms with Crippen molar-refractivity contribution >= 4 is 22.6 Å². The minimum Gasteiger partial charge on any atom is -0.382 e. The first-order chi connectivity index (χ1) is 9.19. The van der Waals surface area contributed by atoms with Crippen LogP contribution in [0.5, 0.6) is 0 Å². The Morgan fingerprint density at radius 3 is 3.00 bits per heavy atom. The van der Waals surface area contributed by atoms with Gasteiger partial charge in [-0.25, -0.2) is 9.97 Å². The van der Waals surface area contributed by atoms with Crippen molar-refractivity contribution in [3.63, 3.8) is 0 Å². The summed E-state index contributed by atoms with van der Waals surface area (Å²) < 4.78 is 11.0. The van der Waals surface area contributed by atoms with Gasteiger partial charge in [0.25, 0.3) is 0 Å². The summed E-state index contributed by atoms with van der Waals surface area (Å²) in [6.07, 6.45) is 4.06. The zero-order valence-corrected chi connectivity index (χ0v) is 11.8. The molecule has 0 saturated carbocycles. The van der Waals surface area contributed by atoms with Gasteiger partial charge in [-0.05, 0) is 18.4 Å². The summed E-state index contributed by atoms with van der Waals surface area (Å²) in [6, 6.07) is 0. The maximum absolute atomic E-state index is 6.21. The highest BCUT2D eigenvalue weighted by molar-refractivity contribution is 6.34. The smallest absolute Gasteiger partial charge is 0.142 e. The van der Waals surface area contributed by atoms with Gasteiger partial charge in [-0.15, -0.1) is 0 Å². The van der Waals surface area contributed by atoms with Gasteiger partial charge in [0.15, 0.2) is 0 Å². The van der Waals surface area contributed by atoms with Crippen LogP contribution in [0.2, 0.25) is 5.15 Å². The first kappa shape index (κ1) is 12.8. The number of methoxy groups -OCH3 is 2. The summed E-state index contributed by atoms with van der Waals surface area (Å²) in [4.78, 5) is 11.6.